The van der Waals surface area contributed by atoms with Crippen molar-refractivity contribution < 1.29 is 14.3 Å². The number of hydrogen-bond donors (Lipinski definition) is 2. The monoisotopic (exact) mass is 370 g/mol. The highest BCUT2D eigenvalue weighted by Crippen LogP contribution is 2.33. The Labute approximate surface area is 159 Å². The van der Waals surface area contributed by atoms with Crippen molar-refractivity contribution in [1.82, 2.24) is 9.97 Å². The van der Waals surface area contributed by atoms with Crippen LogP contribution in [0.15, 0.2) is 18.5 Å². The van der Waals surface area contributed by atoms with Crippen molar-refractivity contribution in [2.24, 2.45) is 5.92 Å². The molecule has 1 saturated carbocycles. The van der Waals surface area contributed by atoms with Gasteiger partial charge in [-0.1, -0.05) is 12.8 Å². The lowest BCUT2D eigenvalue weighted by Gasteiger charge is -2.30. The van der Waals surface area contributed by atoms with Crippen molar-refractivity contribution in [3.05, 3.63) is 24.0 Å². The first-order chi connectivity index (χ1) is 13.2. The molecule has 0 amide bonds. The van der Waals surface area contributed by atoms with E-state index in [1.165, 1.54) is 6.42 Å². The molecule has 2 aromatic heterocycles. The normalized spacial score (nSPS) is 19.6. The highest BCUT2D eigenvalue weighted by molar-refractivity contribution is 6.04. The van der Waals surface area contributed by atoms with Crippen molar-refractivity contribution in [3.63, 3.8) is 0 Å². The van der Waals surface area contributed by atoms with E-state index in [2.05, 4.69) is 21.4 Å². The van der Waals surface area contributed by atoms with E-state index in [0.29, 0.717) is 24.5 Å². The third-order valence-corrected chi connectivity index (χ3v) is 5.12. The molecule has 7 heteroatoms. The second kappa shape index (κ2) is 9.38. The third kappa shape index (κ3) is 4.77. The molecule has 7 nitrogen and oxygen atoms in total. The Morgan fingerprint density at radius 3 is 3.15 bits per heavy atom. The van der Waals surface area contributed by atoms with E-state index in [1.54, 1.807) is 13.3 Å². The number of H-pyrrole nitrogens is 1. The predicted octanol–water partition coefficient (Wildman–Crippen LogP) is 3.64. The minimum absolute atomic E-state index is 0.208. The quantitative estimate of drug-likeness (QED) is 0.543. The fourth-order valence-electron chi connectivity index (χ4n) is 3.77. The van der Waals surface area contributed by atoms with Crippen LogP contribution in [0.1, 0.15) is 48.9 Å². The van der Waals surface area contributed by atoms with E-state index < -0.39 is 5.97 Å². The summed E-state index contributed by atoms with van der Waals surface area (Å²) in [5.74, 6) is 0.151. The Morgan fingerprint density at radius 1 is 1.44 bits per heavy atom. The zero-order chi connectivity index (χ0) is 19.1. The molecule has 2 N–H and O–H groups in total. The second-order valence-corrected chi connectivity index (χ2v) is 6.99. The van der Waals surface area contributed by atoms with E-state index in [9.17, 15) is 4.79 Å². The van der Waals surface area contributed by atoms with Gasteiger partial charge in [-0.2, -0.15) is 5.26 Å². The number of carbonyl (C=O) groups is 1. The van der Waals surface area contributed by atoms with Crippen LogP contribution in [0.4, 0.5) is 5.69 Å². The summed E-state index contributed by atoms with van der Waals surface area (Å²) in [6.07, 6.45) is 9.28. The number of aromatic nitrogens is 2. The van der Waals surface area contributed by atoms with Gasteiger partial charge in [0.25, 0.3) is 0 Å². The molecular weight excluding hydrogens is 344 g/mol. The number of hydrogen-bond acceptors (Lipinski definition) is 6. The van der Waals surface area contributed by atoms with E-state index in [0.717, 1.165) is 42.4 Å². The first-order valence-electron chi connectivity index (χ1n) is 9.48. The number of nitriles is 1. The van der Waals surface area contributed by atoms with E-state index in [4.69, 9.17) is 14.7 Å². The molecule has 2 aromatic rings. The molecule has 2 atom stereocenters. The second-order valence-electron chi connectivity index (χ2n) is 6.99. The maximum Gasteiger partial charge on any atom is 0.341 e. The number of carbonyl (C=O) groups excluding carboxylic acids is 1. The molecule has 1 fully saturated rings. The molecule has 0 aromatic carbocycles. The molecule has 0 unspecified atom stereocenters. The van der Waals surface area contributed by atoms with Crippen molar-refractivity contribution in [1.29, 1.82) is 5.26 Å². The lowest BCUT2D eigenvalue weighted by atomic mass is 9.83. The number of rotatable bonds is 8. The molecular formula is C20H26N4O3. The summed E-state index contributed by atoms with van der Waals surface area (Å²) >= 11 is 0. The molecule has 144 valence electrons. The highest BCUT2D eigenvalue weighted by Gasteiger charge is 2.25. The number of esters is 1. The van der Waals surface area contributed by atoms with Gasteiger partial charge in [0.2, 0.25) is 0 Å². The Morgan fingerprint density at radius 2 is 2.33 bits per heavy atom. The molecule has 0 aliphatic heterocycles. The van der Waals surface area contributed by atoms with Crippen LogP contribution in [-0.2, 0) is 9.47 Å². The van der Waals surface area contributed by atoms with Gasteiger partial charge >= 0.3 is 5.97 Å². The lowest BCUT2D eigenvalue weighted by molar-refractivity contribution is 0.0389. The first kappa shape index (κ1) is 19.2. The molecule has 1 aliphatic rings. The van der Waals surface area contributed by atoms with Crippen LogP contribution in [0.3, 0.4) is 0 Å². The number of fused-ring (bicyclic) bond motifs is 1. The smallest absolute Gasteiger partial charge is 0.341 e. The van der Waals surface area contributed by atoms with Gasteiger partial charge in [-0.25, -0.2) is 9.78 Å². The minimum Gasteiger partial charge on any atom is -0.460 e. The number of anilines is 1. The van der Waals surface area contributed by atoms with Gasteiger partial charge in [0.1, 0.15) is 17.8 Å². The summed E-state index contributed by atoms with van der Waals surface area (Å²) in [5, 5.41) is 13.3. The SMILES string of the molecule is COCCOC(=O)c1cnc2[nH]ccc2c1N[C@@H]1CCC[C@@H](CCC#N)C1. The molecule has 2 heterocycles. The van der Waals surface area contributed by atoms with Crippen LogP contribution in [0, 0.1) is 17.2 Å². The number of pyridine rings is 1. The van der Waals surface area contributed by atoms with E-state index >= 15 is 0 Å². The predicted molar refractivity (Wildman–Crippen MR) is 102 cm³/mol. The van der Waals surface area contributed by atoms with Crippen LogP contribution in [0.5, 0.6) is 0 Å². The van der Waals surface area contributed by atoms with Gasteiger partial charge in [0, 0.05) is 37.4 Å². The highest BCUT2D eigenvalue weighted by atomic mass is 16.6. The average molecular weight is 370 g/mol. The van der Waals surface area contributed by atoms with Gasteiger partial charge in [-0.3, -0.25) is 0 Å². The number of ether oxygens (including phenoxy) is 2. The van der Waals surface area contributed by atoms with Gasteiger partial charge in [-0.05, 0) is 31.2 Å². The van der Waals surface area contributed by atoms with Crippen molar-refractivity contribution in [2.45, 2.75) is 44.6 Å². The fourth-order valence-corrected chi connectivity index (χ4v) is 3.77. The van der Waals surface area contributed by atoms with E-state index in [1.807, 2.05) is 12.3 Å². The average Bonchev–Trinajstić information content (AvgIpc) is 3.16. The summed E-state index contributed by atoms with van der Waals surface area (Å²) in [4.78, 5) is 20.0. The van der Waals surface area contributed by atoms with Crippen LogP contribution in [-0.4, -0.2) is 42.3 Å². The Balaban J connectivity index is 1.79. The molecule has 3 rings (SSSR count). The number of methoxy groups -OCH3 is 1. The van der Waals surface area contributed by atoms with Gasteiger partial charge in [0.15, 0.2) is 0 Å². The number of nitrogens with one attached hydrogen (secondary N) is 2. The van der Waals surface area contributed by atoms with Gasteiger partial charge < -0.3 is 19.8 Å². The summed E-state index contributed by atoms with van der Waals surface area (Å²) in [5.41, 5.74) is 1.95. The van der Waals surface area contributed by atoms with Crippen molar-refractivity contribution in [3.8, 4) is 6.07 Å². The maximum absolute atomic E-state index is 12.5. The first-order valence-corrected chi connectivity index (χ1v) is 9.48. The Hall–Kier alpha value is -2.59. The standard InChI is InChI=1S/C20H26N4O3/c1-26-10-11-27-20(25)17-13-23-19-16(7-9-22-19)18(17)24-15-6-2-4-14(12-15)5-3-8-21/h7,9,13-15H,2-6,10-12H2,1H3,(H2,22,23,24)/t14-,15+/m0/s1. The third-order valence-electron chi connectivity index (χ3n) is 5.12. The molecule has 27 heavy (non-hydrogen) atoms. The minimum atomic E-state index is -0.401. The topological polar surface area (TPSA) is 100 Å². The van der Waals surface area contributed by atoms with Gasteiger partial charge in [0.05, 0.1) is 18.4 Å². The summed E-state index contributed by atoms with van der Waals surface area (Å²) in [6, 6.07) is 4.44. The molecule has 1 aliphatic carbocycles. The van der Waals surface area contributed by atoms with E-state index in [-0.39, 0.29) is 12.6 Å². The largest absolute Gasteiger partial charge is 0.460 e. The lowest BCUT2D eigenvalue weighted by Crippen LogP contribution is -2.28. The summed E-state index contributed by atoms with van der Waals surface area (Å²) in [6.45, 7) is 0.567. The van der Waals surface area contributed by atoms with Crippen LogP contribution in [0.25, 0.3) is 11.0 Å². The number of aromatic amines is 1. The van der Waals surface area contributed by atoms with Crippen LogP contribution < -0.4 is 5.32 Å². The van der Waals surface area contributed by atoms with Crippen LogP contribution in [0.2, 0.25) is 0 Å². The van der Waals surface area contributed by atoms with Crippen molar-refractivity contribution >= 4 is 22.7 Å². The molecule has 0 radical (unpaired) electrons. The maximum atomic E-state index is 12.5. The van der Waals surface area contributed by atoms with Gasteiger partial charge in [-0.15, -0.1) is 0 Å². The molecule has 0 spiro atoms. The zero-order valence-electron chi connectivity index (χ0n) is 15.7. The summed E-state index contributed by atoms with van der Waals surface area (Å²) < 4.78 is 10.3. The number of nitrogens with zero attached hydrogens (tertiary/aromatic N) is 2. The zero-order valence-corrected chi connectivity index (χ0v) is 15.7. The Kier molecular flexibility index (Phi) is 6.66. The fraction of sp³-hybridized carbons (Fsp3) is 0.550. The molecule has 0 bridgehead atoms. The van der Waals surface area contributed by atoms with Crippen LogP contribution >= 0.6 is 0 Å². The summed E-state index contributed by atoms with van der Waals surface area (Å²) in [7, 11) is 1.57. The molecule has 0 saturated heterocycles. The Bertz CT molecular complexity index is 811. The van der Waals surface area contributed by atoms with Crippen molar-refractivity contribution in [2.75, 3.05) is 25.6 Å².